The summed E-state index contributed by atoms with van der Waals surface area (Å²) >= 11 is 0. The summed E-state index contributed by atoms with van der Waals surface area (Å²) in [6.45, 7) is 3.28. The summed E-state index contributed by atoms with van der Waals surface area (Å²) in [4.78, 5) is 2.48. The van der Waals surface area contributed by atoms with Gasteiger partial charge < -0.3 is 10.2 Å². The summed E-state index contributed by atoms with van der Waals surface area (Å²) in [7, 11) is 2.24. The standard InChI is InChI=1S/C16H24N2/c1-18(16-7-8-16)10-9-17-12-13-3-2-4-15(11-13)14-5-6-14/h2-4,11,14,16-17H,5-10,12H2,1H3. The van der Waals surface area contributed by atoms with Crippen molar-refractivity contribution in [2.24, 2.45) is 0 Å². The van der Waals surface area contributed by atoms with Gasteiger partial charge in [-0.3, -0.25) is 0 Å². The van der Waals surface area contributed by atoms with Crippen LogP contribution in [-0.2, 0) is 6.54 Å². The Morgan fingerprint density at radius 1 is 1.22 bits per heavy atom. The van der Waals surface area contributed by atoms with Crippen LogP contribution in [0.25, 0.3) is 0 Å². The van der Waals surface area contributed by atoms with Gasteiger partial charge in [-0.25, -0.2) is 0 Å². The first-order chi connectivity index (χ1) is 8.83. The second kappa shape index (κ2) is 5.41. The lowest BCUT2D eigenvalue weighted by molar-refractivity contribution is 0.321. The highest BCUT2D eigenvalue weighted by atomic mass is 15.2. The Labute approximate surface area is 110 Å². The van der Waals surface area contributed by atoms with Gasteiger partial charge in [-0.2, -0.15) is 0 Å². The van der Waals surface area contributed by atoms with Gasteiger partial charge in [-0.15, -0.1) is 0 Å². The van der Waals surface area contributed by atoms with E-state index in [-0.39, 0.29) is 0 Å². The lowest BCUT2D eigenvalue weighted by Gasteiger charge is -2.15. The van der Waals surface area contributed by atoms with Crippen LogP contribution in [0.5, 0.6) is 0 Å². The van der Waals surface area contributed by atoms with Crippen LogP contribution in [0.1, 0.15) is 42.7 Å². The fourth-order valence-corrected chi connectivity index (χ4v) is 2.56. The van der Waals surface area contributed by atoms with Crippen LogP contribution in [-0.4, -0.2) is 31.1 Å². The molecule has 2 heteroatoms. The number of nitrogens with zero attached hydrogens (tertiary/aromatic N) is 1. The molecule has 0 spiro atoms. The van der Waals surface area contributed by atoms with Crippen LogP contribution in [0.4, 0.5) is 0 Å². The van der Waals surface area contributed by atoms with E-state index in [9.17, 15) is 0 Å². The van der Waals surface area contributed by atoms with Gasteiger partial charge in [0.15, 0.2) is 0 Å². The van der Waals surface area contributed by atoms with Crippen LogP contribution in [0.3, 0.4) is 0 Å². The van der Waals surface area contributed by atoms with Gasteiger partial charge in [-0.1, -0.05) is 24.3 Å². The lowest BCUT2D eigenvalue weighted by Crippen LogP contribution is -2.30. The molecule has 2 fully saturated rings. The molecule has 1 aromatic carbocycles. The second-order valence-corrected chi connectivity index (χ2v) is 5.91. The Balaban J connectivity index is 1.40. The third-order valence-electron chi connectivity index (χ3n) is 4.14. The zero-order valence-corrected chi connectivity index (χ0v) is 11.4. The smallest absolute Gasteiger partial charge is 0.0206 e. The molecule has 0 amide bonds. The van der Waals surface area contributed by atoms with E-state index in [0.717, 1.165) is 25.0 Å². The van der Waals surface area contributed by atoms with Crippen LogP contribution >= 0.6 is 0 Å². The molecule has 18 heavy (non-hydrogen) atoms. The first-order valence-corrected chi connectivity index (χ1v) is 7.33. The van der Waals surface area contributed by atoms with Gasteiger partial charge in [-0.05, 0) is 49.8 Å². The van der Waals surface area contributed by atoms with Crippen LogP contribution in [0.15, 0.2) is 24.3 Å². The van der Waals surface area contributed by atoms with Crippen LogP contribution in [0.2, 0.25) is 0 Å². The molecule has 0 bridgehead atoms. The molecule has 0 atom stereocenters. The van der Waals surface area contributed by atoms with Crippen LogP contribution in [0, 0.1) is 0 Å². The van der Waals surface area contributed by atoms with Crippen molar-refractivity contribution < 1.29 is 0 Å². The van der Waals surface area contributed by atoms with E-state index in [2.05, 4.69) is 41.5 Å². The van der Waals surface area contributed by atoms with E-state index in [1.807, 2.05) is 0 Å². The van der Waals surface area contributed by atoms with E-state index in [4.69, 9.17) is 0 Å². The Morgan fingerprint density at radius 3 is 2.78 bits per heavy atom. The quantitative estimate of drug-likeness (QED) is 0.742. The Kier molecular flexibility index (Phi) is 3.67. The lowest BCUT2D eigenvalue weighted by atomic mass is 10.1. The minimum absolute atomic E-state index is 0.867. The maximum absolute atomic E-state index is 3.56. The number of rotatable bonds is 7. The monoisotopic (exact) mass is 244 g/mol. The van der Waals surface area contributed by atoms with Gasteiger partial charge in [0.1, 0.15) is 0 Å². The molecule has 2 saturated carbocycles. The molecule has 2 aliphatic rings. The minimum Gasteiger partial charge on any atom is -0.311 e. The molecule has 98 valence electrons. The Morgan fingerprint density at radius 2 is 2.06 bits per heavy atom. The first-order valence-electron chi connectivity index (χ1n) is 7.33. The third-order valence-corrected chi connectivity index (χ3v) is 4.14. The molecule has 0 aromatic heterocycles. The van der Waals surface area contributed by atoms with E-state index < -0.39 is 0 Å². The molecule has 0 unspecified atom stereocenters. The SMILES string of the molecule is CN(CCNCc1cccc(C2CC2)c1)C1CC1. The summed E-state index contributed by atoms with van der Waals surface area (Å²) in [5, 5.41) is 3.56. The summed E-state index contributed by atoms with van der Waals surface area (Å²) in [6, 6.07) is 9.99. The Bertz CT molecular complexity index is 394. The van der Waals surface area contributed by atoms with Crippen molar-refractivity contribution in [2.45, 2.75) is 44.2 Å². The fourth-order valence-electron chi connectivity index (χ4n) is 2.56. The molecule has 1 N–H and O–H groups in total. The van der Waals surface area contributed by atoms with E-state index in [1.165, 1.54) is 37.8 Å². The van der Waals surface area contributed by atoms with E-state index in [0.29, 0.717) is 0 Å². The van der Waals surface area contributed by atoms with Crippen LogP contribution < -0.4 is 5.32 Å². The summed E-state index contributed by atoms with van der Waals surface area (Å²) in [5.41, 5.74) is 2.98. The van der Waals surface area contributed by atoms with E-state index >= 15 is 0 Å². The Hall–Kier alpha value is -0.860. The van der Waals surface area contributed by atoms with Gasteiger partial charge in [0, 0.05) is 25.7 Å². The summed E-state index contributed by atoms with van der Waals surface area (Å²) in [5.74, 6) is 0.867. The first kappa shape index (κ1) is 12.2. The number of nitrogens with one attached hydrogen (secondary N) is 1. The largest absolute Gasteiger partial charge is 0.311 e. The highest BCUT2D eigenvalue weighted by molar-refractivity contribution is 5.29. The molecule has 0 aliphatic heterocycles. The predicted octanol–water partition coefficient (Wildman–Crippen LogP) is 2.75. The molecular weight excluding hydrogens is 220 g/mol. The second-order valence-electron chi connectivity index (χ2n) is 5.91. The summed E-state index contributed by atoms with van der Waals surface area (Å²) < 4.78 is 0. The molecule has 0 radical (unpaired) electrons. The molecule has 0 heterocycles. The van der Waals surface area contributed by atoms with Gasteiger partial charge in [0.25, 0.3) is 0 Å². The average Bonchev–Trinajstić information content (AvgIpc) is 3.27. The number of hydrogen-bond donors (Lipinski definition) is 1. The maximum Gasteiger partial charge on any atom is 0.0206 e. The number of benzene rings is 1. The highest BCUT2D eigenvalue weighted by Gasteiger charge is 2.25. The number of likely N-dealkylation sites (N-methyl/N-ethyl adjacent to an activating group) is 1. The third kappa shape index (κ3) is 3.33. The molecule has 3 rings (SSSR count). The zero-order chi connectivity index (χ0) is 12.4. The predicted molar refractivity (Wildman–Crippen MR) is 75.8 cm³/mol. The van der Waals surface area contributed by atoms with Crippen molar-refractivity contribution in [3.05, 3.63) is 35.4 Å². The van der Waals surface area contributed by atoms with Crippen molar-refractivity contribution in [3.63, 3.8) is 0 Å². The topological polar surface area (TPSA) is 15.3 Å². The van der Waals surface area contributed by atoms with Crippen molar-refractivity contribution in [3.8, 4) is 0 Å². The van der Waals surface area contributed by atoms with Crippen molar-refractivity contribution in [1.29, 1.82) is 0 Å². The van der Waals surface area contributed by atoms with E-state index in [1.54, 1.807) is 5.56 Å². The zero-order valence-electron chi connectivity index (χ0n) is 11.4. The normalized spacial score (nSPS) is 19.4. The van der Waals surface area contributed by atoms with Gasteiger partial charge in [0.2, 0.25) is 0 Å². The average molecular weight is 244 g/mol. The van der Waals surface area contributed by atoms with Crippen molar-refractivity contribution in [1.82, 2.24) is 10.2 Å². The summed E-state index contributed by atoms with van der Waals surface area (Å²) in [6.07, 6.45) is 5.59. The molecule has 2 nitrogen and oxygen atoms in total. The molecule has 1 aromatic rings. The fraction of sp³-hybridized carbons (Fsp3) is 0.625. The minimum atomic E-state index is 0.867. The molecular formula is C16H24N2. The van der Waals surface area contributed by atoms with Gasteiger partial charge in [0.05, 0.1) is 0 Å². The molecule has 2 aliphatic carbocycles. The highest BCUT2D eigenvalue weighted by Crippen LogP contribution is 2.40. The number of hydrogen-bond acceptors (Lipinski definition) is 2. The molecule has 0 saturated heterocycles. The van der Waals surface area contributed by atoms with Gasteiger partial charge >= 0.3 is 0 Å². The van der Waals surface area contributed by atoms with Crippen molar-refractivity contribution in [2.75, 3.05) is 20.1 Å². The van der Waals surface area contributed by atoms with Crippen molar-refractivity contribution >= 4 is 0 Å². The maximum atomic E-state index is 3.56.